The largest absolute Gasteiger partial charge is 0.348 e. The first-order chi connectivity index (χ1) is 13.1. The van der Waals surface area contributed by atoms with Crippen LogP contribution in [0.15, 0.2) is 35.2 Å². The number of carbonyl (C=O) groups is 2. The van der Waals surface area contributed by atoms with Crippen LogP contribution in [0.2, 0.25) is 0 Å². The van der Waals surface area contributed by atoms with Gasteiger partial charge in [-0.25, -0.2) is 0 Å². The first-order valence-electron chi connectivity index (χ1n) is 10.1. The highest BCUT2D eigenvalue weighted by Crippen LogP contribution is 2.40. The topological polar surface area (TPSA) is 49.4 Å². The molecule has 27 heavy (non-hydrogen) atoms. The molecule has 3 atom stereocenters. The van der Waals surface area contributed by atoms with E-state index < -0.39 is 0 Å². The number of hydrogen-bond acceptors (Lipinski definition) is 3. The minimum absolute atomic E-state index is 0.00463. The first-order valence-corrected chi connectivity index (χ1v) is 11.0. The normalized spacial score (nSPS) is 30.7. The summed E-state index contributed by atoms with van der Waals surface area (Å²) in [4.78, 5) is 28.3. The molecule has 2 amide bonds. The number of nitrogens with one attached hydrogen (secondary N) is 1. The van der Waals surface area contributed by atoms with Gasteiger partial charge in [0, 0.05) is 30.3 Å². The van der Waals surface area contributed by atoms with Crippen molar-refractivity contribution in [3.05, 3.63) is 40.8 Å². The van der Waals surface area contributed by atoms with Gasteiger partial charge in [0.05, 0.1) is 4.91 Å². The molecular formula is C22H28N2O2S. The molecule has 5 heteroatoms. The molecule has 2 aliphatic heterocycles. The molecule has 4 rings (SSSR count). The molecule has 3 aliphatic rings. The van der Waals surface area contributed by atoms with Crippen molar-refractivity contribution >= 4 is 29.7 Å². The van der Waals surface area contributed by atoms with E-state index in [2.05, 4.69) is 17.1 Å². The second kappa shape index (κ2) is 8.09. The number of fused-ring (bicyclic) bond motifs is 1. The third-order valence-corrected chi connectivity index (χ3v) is 7.57. The SMILES string of the molecule is CC1CCN(C(=O)C2CCC3S/C(=C\c4ccccc4)C(=O)NC3C2)CC1. The van der Waals surface area contributed by atoms with E-state index in [-0.39, 0.29) is 17.9 Å². The predicted octanol–water partition coefficient (Wildman–Crippen LogP) is 3.69. The van der Waals surface area contributed by atoms with Crippen LogP contribution in [0.1, 0.15) is 44.6 Å². The van der Waals surface area contributed by atoms with Crippen molar-refractivity contribution < 1.29 is 9.59 Å². The van der Waals surface area contributed by atoms with Crippen LogP contribution in [0.4, 0.5) is 0 Å². The number of nitrogens with zero attached hydrogens (tertiary/aromatic N) is 1. The third kappa shape index (κ3) is 4.23. The first kappa shape index (κ1) is 18.6. The molecule has 3 fully saturated rings. The Morgan fingerprint density at radius 1 is 1.15 bits per heavy atom. The standard InChI is InChI=1S/C22H28N2O2S/c1-15-9-11-24(12-10-15)22(26)17-7-8-19-18(14-17)23-21(25)20(27-19)13-16-5-3-2-4-6-16/h2-6,13,15,17-19H,7-12,14H2,1H3,(H,23,25)/b20-13-. The summed E-state index contributed by atoms with van der Waals surface area (Å²) in [6.45, 7) is 4.06. The highest BCUT2D eigenvalue weighted by molar-refractivity contribution is 8.04. The second-order valence-corrected chi connectivity index (χ2v) is 9.45. The number of carbonyl (C=O) groups excluding carboxylic acids is 2. The number of likely N-dealkylation sites (tertiary alicyclic amines) is 1. The summed E-state index contributed by atoms with van der Waals surface area (Å²) in [6.07, 6.45) is 6.92. The summed E-state index contributed by atoms with van der Waals surface area (Å²) in [6, 6.07) is 10.1. The Kier molecular flexibility index (Phi) is 5.58. The molecule has 0 spiro atoms. The maximum Gasteiger partial charge on any atom is 0.257 e. The molecule has 4 nitrogen and oxygen atoms in total. The Balaban J connectivity index is 1.38. The Labute approximate surface area is 165 Å². The second-order valence-electron chi connectivity index (χ2n) is 8.17. The zero-order valence-corrected chi connectivity index (χ0v) is 16.7. The van der Waals surface area contributed by atoms with Crippen LogP contribution >= 0.6 is 11.8 Å². The molecule has 3 unspecified atom stereocenters. The fourth-order valence-corrected chi connectivity index (χ4v) is 5.70. The number of piperidine rings is 1. The van der Waals surface area contributed by atoms with E-state index >= 15 is 0 Å². The number of rotatable bonds is 2. The monoisotopic (exact) mass is 384 g/mol. The Bertz CT molecular complexity index is 725. The third-order valence-electron chi connectivity index (χ3n) is 6.15. The lowest BCUT2D eigenvalue weighted by Crippen LogP contribution is -2.52. The number of hydrogen-bond donors (Lipinski definition) is 1. The van der Waals surface area contributed by atoms with E-state index in [9.17, 15) is 9.59 Å². The van der Waals surface area contributed by atoms with Gasteiger partial charge in [0.25, 0.3) is 5.91 Å². The maximum absolute atomic E-state index is 12.9. The maximum atomic E-state index is 12.9. The van der Waals surface area contributed by atoms with Crippen LogP contribution in [0.25, 0.3) is 6.08 Å². The Morgan fingerprint density at radius 3 is 2.63 bits per heavy atom. The fourth-order valence-electron chi connectivity index (χ4n) is 4.40. The summed E-state index contributed by atoms with van der Waals surface area (Å²) >= 11 is 1.69. The van der Waals surface area contributed by atoms with Gasteiger partial charge in [-0.3, -0.25) is 9.59 Å². The van der Waals surface area contributed by atoms with Crippen molar-refractivity contribution in [2.45, 2.75) is 50.3 Å². The van der Waals surface area contributed by atoms with Crippen molar-refractivity contribution in [1.29, 1.82) is 0 Å². The minimum Gasteiger partial charge on any atom is -0.348 e. The summed E-state index contributed by atoms with van der Waals surface area (Å²) < 4.78 is 0. The summed E-state index contributed by atoms with van der Waals surface area (Å²) in [7, 11) is 0. The van der Waals surface area contributed by atoms with Gasteiger partial charge in [-0.05, 0) is 49.7 Å². The van der Waals surface area contributed by atoms with Crippen LogP contribution in [-0.2, 0) is 9.59 Å². The van der Waals surface area contributed by atoms with Crippen molar-refractivity contribution in [3.8, 4) is 0 Å². The molecule has 2 heterocycles. The molecule has 1 N–H and O–H groups in total. The van der Waals surface area contributed by atoms with E-state index in [1.54, 1.807) is 11.8 Å². The van der Waals surface area contributed by atoms with E-state index in [1.807, 2.05) is 36.4 Å². The Morgan fingerprint density at radius 2 is 1.89 bits per heavy atom. The van der Waals surface area contributed by atoms with Gasteiger partial charge >= 0.3 is 0 Å². The van der Waals surface area contributed by atoms with Crippen molar-refractivity contribution in [2.24, 2.45) is 11.8 Å². The summed E-state index contributed by atoms with van der Waals surface area (Å²) in [5.41, 5.74) is 1.05. The molecular weight excluding hydrogens is 356 g/mol. The minimum atomic E-state index is 0.00463. The molecule has 0 aromatic heterocycles. The van der Waals surface area contributed by atoms with Crippen molar-refractivity contribution in [3.63, 3.8) is 0 Å². The fraction of sp³-hybridized carbons (Fsp3) is 0.545. The molecule has 2 saturated heterocycles. The summed E-state index contributed by atoms with van der Waals surface area (Å²) in [5, 5.41) is 3.56. The number of amides is 2. The Hall–Kier alpha value is -1.75. The van der Waals surface area contributed by atoms with E-state index in [1.165, 1.54) is 0 Å². The van der Waals surface area contributed by atoms with Crippen molar-refractivity contribution in [2.75, 3.05) is 13.1 Å². The molecule has 1 aromatic carbocycles. The predicted molar refractivity (Wildman–Crippen MR) is 110 cm³/mol. The molecule has 1 aromatic rings. The van der Waals surface area contributed by atoms with E-state index in [0.717, 1.165) is 61.6 Å². The zero-order chi connectivity index (χ0) is 18.8. The molecule has 0 bridgehead atoms. The molecule has 0 radical (unpaired) electrons. The highest BCUT2D eigenvalue weighted by atomic mass is 32.2. The van der Waals surface area contributed by atoms with Gasteiger partial charge in [0.2, 0.25) is 5.91 Å². The average molecular weight is 385 g/mol. The lowest BCUT2D eigenvalue weighted by molar-refractivity contribution is -0.138. The van der Waals surface area contributed by atoms with Crippen LogP contribution in [0.5, 0.6) is 0 Å². The lowest BCUT2D eigenvalue weighted by atomic mass is 9.83. The number of benzene rings is 1. The van der Waals surface area contributed by atoms with E-state index in [4.69, 9.17) is 0 Å². The van der Waals surface area contributed by atoms with Crippen LogP contribution in [0.3, 0.4) is 0 Å². The van der Waals surface area contributed by atoms with Crippen LogP contribution < -0.4 is 5.32 Å². The number of thioether (sulfide) groups is 1. The van der Waals surface area contributed by atoms with Crippen LogP contribution in [-0.4, -0.2) is 41.1 Å². The quantitative estimate of drug-likeness (QED) is 0.791. The van der Waals surface area contributed by atoms with Gasteiger partial charge in [0.15, 0.2) is 0 Å². The molecule has 1 saturated carbocycles. The van der Waals surface area contributed by atoms with Gasteiger partial charge in [0.1, 0.15) is 0 Å². The van der Waals surface area contributed by atoms with Gasteiger partial charge in [-0.1, -0.05) is 37.3 Å². The molecule has 1 aliphatic carbocycles. The average Bonchev–Trinajstić information content (AvgIpc) is 2.69. The van der Waals surface area contributed by atoms with Crippen LogP contribution in [0, 0.1) is 11.8 Å². The van der Waals surface area contributed by atoms with Gasteiger partial charge < -0.3 is 10.2 Å². The van der Waals surface area contributed by atoms with E-state index in [0.29, 0.717) is 11.2 Å². The smallest absolute Gasteiger partial charge is 0.257 e. The van der Waals surface area contributed by atoms with Gasteiger partial charge in [-0.2, -0.15) is 0 Å². The van der Waals surface area contributed by atoms with Crippen molar-refractivity contribution in [1.82, 2.24) is 10.2 Å². The van der Waals surface area contributed by atoms with Gasteiger partial charge in [-0.15, -0.1) is 11.8 Å². The summed E-state index contributed by atoms with van der Waals surface area (Å²) in [5.74, 6) is 1.11. The highest BCUT2D eigenvalue weighted by Gasteiger charge is 2.40. The zero-order valence-electron chi connectivity index (χ0n) is 15.9. The molecule has 144 valence electrons. The lowest BCUT2D eigenvalue weighted by Gasteiger charge is -2.41.